The molecule has 270 valence electrons. The highest BCUT2D eigenvalue weighted by Crippen LogP contribution is 2.40. The average molecular weight is 756 g/mol. The van der Waals surface area contributed by atoms with Gasteiger partial charge in [-0.2, -0.15) is 5.26 Å². The van der Waals surface area contributed by atoms with Gasteiger partial charge in [0, 0.05) is 32.6 Å². The van der Waals surface area contributed by atoms with Crippen LogP contribution in [0.15, 0.2) is 200 Å². The summed E-state index contributed by atoms with van der Waals surface area (Å²) in [5, 5.41) is 21.7. The van der Waals surface area contributed by atoms with Crippen LogP contribution in [0.1, 0.15) is 5.56 Å². The van der Waals surface area contributed by atoms with E-state index in [1.165, 1.54) is 15.6 Å². The number of hydrogen-bond donors (Lipinski definition) is 0. The molecule has 0 atom stereocenters. The number of hydrogen-bond acceptors (Lipinski definition) is 4. The van der Waals surface area contributed by atoms with Crippen molar-refractivity contribution in [1.82, 2.24) is 19.5 Å². The minimum absolute atomic E-state index is 0.622. The summed E-state index contributed by atoms with van der Waals surface area (Å²) in [5.41, 5.74) is 5.78. The maximum atomic E-state index is 10.1. The van der Waals surface area contributed by atoms with Gasteiger partial charge in [0.2, 0.25) is 8.07 Å². The van der Waals surface area contributed by atoms with Crippen molar-refractivity contribution in [3.63, 3.8) is 0 Å². The van der Waals surface area contributed by atoms with Gasteiger partial charge in [0.15, 0.2) is 11.3 Å². The second-order valence-electron chi connectivity index (χ2n) is 14.7. The molecule has 0 saturated carbocycles. The molecule has 0 spiro atoms. The van der Waals surface area contributed by atoms with E-state index in [0.29, 0.717) is 16.9 Å². The van der Waals surface area contributed by atoms with Crippen LogP contribution >= 0.6 is 0 Å². The molecule has 0 radical (unpaired) electrons. The number of para-hydroxylation sites is 1. The molecule has 0 fully saturated rings. The first-order chi connectivity index (χ1) is 28.7. The molecule has 4 bridgehead atoms. The molecule has 11 aromatic rings. The minimum Gasteiger partial charge on any atom is -0.309 e. The molecule has 6 heteroatoms. The topological polar surface area (TPSA) is 67.4 Å². The molecule has 5 nitrogen and oxygen atoms in total. The zero-order chi connectivity index (χ0) is 38.6. The van der Waals surface area contributed by atoms with Gasteiger partial charge in [-0.05, 0) is 74.2 Å². The molecule has 0 unspecified atom stereocenters. The van der Waals surface area contributed by atoms with Crippen LogP contribution in [0.3, 0.4) is 0 Å². The SMILES string of the molecule is N#Cc1ccc2c(c1)c1cc3cc(c4ccccc4c4nc([Si](c5ccccc5)(c5ccccc5)c5ccccc5)nc(n4)c4ccccc34)c1n2-c1ccccc1. The minimum atomic E-state index is -3.15. The van der Waals surface area contributed by atoms with Gasteiger partial charge < -0.3 is 4.57 Å². The first-order valence-electron chi connectivity index (χ1n) is 19.4. The lowest BCUT2D eigenvalue weighted by atomic mass is 10.00. The molecule has 58 heavy (non-hydrogen) atoms. The zero-order valence-corrected chi connectivity index (χ0v) is 32.3. The Labute approximate surface area is 335 Å². The Morgan fingerprint density at radius 1 is 0.414 bits per heavy atom. The van der Waals surface area contributed by atoms with Crippen LogP contribution in [0.5, 0.6) is 0 Å². The molecule has 0 aliphatic rings. The second kappa shape index (κ2) is 13.5. The summed E-state index contributed by atoms with van der Waals surface area (Å²) in [4.78, 5) is 16.7. The lowest BCUT2D eigenvalue weighted by Gasteiger charge is -2.32. The zero-order valence-electron chi connectivity index (χ0n) is 31.3. The monoisotopic (exact) mass is 755 g/mol. The van der Waals surface area contributed by atoms with Gasteiger partial charge in [-0.15, -0.1) is 0 Å². The van der Waals surface area contributed by atoms with Gasteiger partial charge in [0.05, 0.1) is 22.7 Å². The Hall–Kier alpha value is -7.72. The van der Waals surface area contributed by atoms with Crippen LogP contribution in [0.25, 0.3) is 71.1 Å². The molecule has 3 aromatic heterocycles. The summed E-state index contributed by atoms with van der Waals surface area (Å²) < 4.78 is 2.34. The van der Waals surface area contributed by atoms with Crippen LogP contribution in [0, 0.1) is 11.3 Å². The highest BCUT2D eigenvalue weighted by molar-refractivity contribution is 7.19. The van der Waals surface area contributed by atoms with Gasteiger partial charge >= 0.3 is 0 Å². The van der Waals surface area contributed by atoms with Crippen molar-refractivity contribution in [2.24, 2.45) is 0 Å². The van der Waals surface area contributed by atoms with E-state index in [1.54, 1.807) is 0 Å². The number of aromatic nitrogens is 4. The fourth-order valence-electron chi connectivity index (χ4n) is 9.00. The molecule has 0 aliphatic carbocycles. The van der Waals surface area contributed by atoms with Gasteiger partial charge in [0.1, 0.15) is 5.45 Å². The molecule has 0 saturated heterocycles. The summed E-state index contributed by atoms with van der Waals surface area (Å²) in [6.07, 6.45) is 0. The number of rotatable bonds is 5. The summed E-state index contributed by atoms with van der Waals surface area (Å²) in [5.74, 6) is 0. The second-order valence-corrected chi connectivity index (χ2v) is 18.4. The smallest absolute Gasteiger partial charge is 0.226 e. The van der Waals surface area contributed by atoms with Crippen LogP contribution in [-0.4, -0.2) is 27.6 Å². The number of benzene rings is 8. The van der Waals surface area contributed by atoms with E-state index in [2.05, 4.69) is 193 Å². The molecule has 0 aliphatic heterocycles. The van der Waals surface area contributed by atoms with E-state index in [-0.39, 0.29) is 0 Å². The molecular weight excluding hydrogens is 723 g/mol. The summed E-state index contributed by atoms with van der Waals surface area (Å²) >= 11 is 0. The third-order valence-electron chi connectivity index (χ3n) is 11.5. The molecule has 3 heterocycles. The summed E-state index contributed by atoms with van der Waals surface area (Å²) in [7, 11) is -3.15. The number of fused-ring (bicyclic) bond motifs is 14. The molecule has 11 rings (SSSR count). The van der Waals surface area contributed by atoms with E-state index in [0.717, 1.165) is 65.3 Å². The molecule has 0 amide bonds. The largest absolute Gasteiger partial charge is 0.309 e. The van der Waals surface area contributed by atoms with Crippen molar-refractivity contribution in [1.29, 1.82) is 5.26 Å². The fraction of sp³-hybridized carbons (Fsp3) is 0. The summed E-state index contributed by atoms with van der Waals surface area (Å²) in [6.45, 7) is 0. The third-order valence-corrected chi connectivity index (χ3v) is 16.0. The van der Waals surface area contributed by atoms with Crippen molar-refractivity contribution >= 4 is 94.5 Å². The van der Waals surface area contributed by atoms with Gasteiger partial charge in [-0.1, -0.05) is 158 Å². The van der Waals surface area contributed by atoms with Crippen molar-refractivity contribution in [2.45, 2.75) is 0 Å². The number of nitrogens with zero attached hydrogens (tertiary/aromatic N) is 5. The molecule has 0 N–H and O–H groups in total. The van der Waals surface area contributed by atoms with E-state index < -0.39 is 8.07 Å². The Morgan fingerprint density at radius 3 is 1.43 bits per heavy atom. The standard InChI is InChI=1S/C52H33N5Si/c53-34-35-29-30-48-45(31-35)47-33-36-32-46(49(47)57(48)37-17-5-1-6-18-37)42-26-14-16-28-44(42)51-54-50(43-27-15-13-25-41(36)43)55-52(56-51)58(38-19-7-2-8-20-38,39-21-9-3-10-22-39)40-23-11-4-12-24-40/h1-33H. The lowest BCUT2D eigenvalue weighted by molar-refractivity contribution is 1.19. The Balaban J connectivity index is 1.40. The molecule has 8 aromatic carbocycles. The Morgan fingerprint density at radius 2 is 0.879 bits per heavy atom. The summed E-state index contributed by atoms with van der Waals surface area (Å²) in [6, 6.07) is 72.8. The van der Waals surface area contributed by atoms with E-state index in [1.807, 2.05) is 18.2 Å². The van der Waals surface area contributed by atoms with E-state index >= 15 is 0 Å². The highest BCUT2D eigenvalue weighted by atomic mass is 28.3. The predicted molar refractivity (Wildman–Crippen MR) is 241 cm³/mol. The first-order valence-corrected chi connectivity index (χ1v) is 21.4. The third kappa shape index (κ3) is 5.11. The van der Waals surface area contributed by atoms with E-state index in [4.69, 9.17) is 15.0 Å². The molecular formula is C52H33N5Si. The lowest BCUT2D eigenvalue weighted by Crippen LogP contribution is -2.76. The fourth-order valence-corrected chi connectivity index (χ4v) is 13.4. The van der Waals surface area contributed by atoms with Crippen molar-refractivity contribution in [2.75, 3.05) is 0 Å². The predicted octanol–water partition coefficient (Wildman–Crippen LogP) is 9.39. The van der Waals surface area contributed by atoms with Gasteiger partial charge in [-0.25, -0.2) is 15.0 Å². The maximum absolute atomic E-state index is 10.1. The van der Waals surface area contributed by atoms with Crippen LogP contribution < -0.4 is 21.0 Å². The quantitative estimate of drug-likeness (QED) is 0.130. The Kier molecular flexibility index (Phi) is 7.81. The van der Waals surface area contributed by atoms with Crippen LogP contribution in [0.4, 0.5) is 0 Å². The average Bonchev–Trinajstić information content (AvgIpc) is 3.63. The normalized spacial score (nSPS) is 11.8. The van der Waals surface area contributed by atoms with Gasteiger partial charge in [0.25, 0.3) is 0 Å². The first kappa shape index (κ1) is 33.6. The Bertz CT molecular complexity index is 3360. The van der Waals surface area contributed by atoms with Crippen molar-refractivity contribution in [3.8, 4) is 11.8 Å². The van der Waals surface area contributed by atoms with Crippen molar-refractivity contribution < 1.29 is 0 Å². The number of nitriles is 1. The van der Waals surface area contributed by atoms with Crippen LogP contribution in [0.2, 0.25) is 0 Å². The highest BCUT2D eigenvalue weighted by Gasteiger charge is 2.45. The van der Waals surface area contributed by atoms with Crippen LogP contribution in [-0.2, 0) is 0 Å². The van der Waals surface area contributed by atoms with E-state index in [9.17, 15) is 5.26 Å². The van der Waals surface area contributed by atoms with Gasteiger partial charge in [-0.3, -0.25) is 0 Å². The maximum Gasteiger partial charge on any atom is 0.226 e. The van der Waals surface area contributed by atoms with Crippen molar-refractivity contribution in [3.05, 3.63) is 206 Å².